The normalized spacial score (nSPS) is 55.2. The zero-order valence-electron chi connectivity index (χ0n) is 9.56. The molecule has 0 aromatic heterocycles. The molecule has 0 atom stereocenters. The van der Waals surface area contributed by atoms with Crippen LogP contribution in [0.25, 0.3) is 0 Å². The molecule has 0 saturated heterocycles. The summed E-state index contributed by atoms with van der Waals surface area (Å²) in [4.78, 5) is 0. The molecule has 0 aliphatic heterocycles. The van der Waals surface area contributed by atoms with Crippen LogP contribution >= 0.6 is 15.9 Å². The zero-order chi connectivity index (χ0) is 7.47. The molecule has 0 amide bonds. The maximum Gasteiger partial charge on any atom is 2.00 e. The molecule has 0 spiro atoms. The molecule has 0 aromatic rings. The van der Waals surface area contributed by atoms with Crippen LogP contribution < -0.4 is 0 Å². The SMILES string of the molecule is BrC12CC3CC(CC(C3)C1)C2.[H-].[H-].[Mg+2]. The van der Waals surface area contributed by atoms with Gasteiger partial charge in [-0.25, -0.2) is 0 Å². The minimum atomic E-state index is 0. The summed E-state index contributed by atoms with van der Waals surface area (Å²) in [6.07, 6.45) is 9.14. The summed E-state index contributed by atoms with van der Waals surface area (Å²) in [7, 11) is 0. The summed E-state index contributed by atoms with van der Waals surface area (Å²) in [6, 6.07) is 0. The molecule has 12 heavy (non-hydrogen) atoms. The standard InChI is InChI=1S/C10H15Br.Mg.2H/c11-10-4-7-1-8(5-10)3-9(2-7)6-10;;;/h7-9H,1-6H2;;;/q;+2;2*-1. The Bertz CT molecular complexity index is 163. The number of hydrogen-bond acceptors (Lipinski definition) is 0. The fourth-order valence-corrected chi connectivity index (χ4v) is 5.38. The molecule has 0 unspecified atom stereocenters. The van der Waals surface area contributed by atoms with Gasteiger partial charge in [-0.05, 0) is 56.3 Å². The van der Waals surface area contributed by atoms with E-state index < -0.39 is 0 Å². The van der Waals surface area contributed by atoms with E-state index in [1.54, 1.807) is 19.3 Å². The molecule has 2 heteroatoms. The first-order valence-electron chi connectivity index (χ1n) is 4.92. The van der Waals surface area contributed by atoms with E-state index in [1.807, 2.05) is 0 Å². The van der Waals surface area contributed by atoms with Gasteiger partial charge in [0.15, 0.2) is 0 Å². The summed E-state index contributed by atoms with van der Waals surface area (Å²) >= 11 is 3.96. The quantitative estimate of drug-likeness (QED) is 0.451. The third kappa shape index (κ3) is 1.48. The maximum absolute atomic E-state index is 3.96. The Balaban J connectivity index is 0.000000563. The van der Waals surface area contributed by atoms with Crippen molar-refractivity contribution in [1.29, 1.82) is 0 Å². The van der Waals surface area contributed by atoms with Gasteiger partial charge in [0.1, 0.15) is 0 Å². The molecule has 0 radical (unpaired) electrons. The molecule has 0 nitrogen and oxygen atoms in total. The van der Waals surface area contributed by atoms with Gasteiger partial charge in [-0.2, -0.15) is 0 Å². The number of alkyl halides is 1. The van der Waals surface area contributed by atoms with Gasteiger partial charge in [0, 0.05) is 4.32 Å². The fourth-order valence-electron chi connectivity index (χ4n) is 4.00. The summed E-state index contributed by atoms with van der Waals surface area (Å²) in [5.74, 6) is 3.29. The van der Waals surface area contributed by atoms with Gasteiger partial charge in [0.25, 0.3) is 0 Å². The fraction of sp³-hybridized carbons (Fsp3) is 1.00. The van der Waals surface area contributed by atoms with Crippen molar-refractivity contribution in [2.45, 2.75) is 42.8 Å². The van der Waals surface area contributed by atoms with Gasteiger partial charge in [-0.3, -0.25) is 0 Å². The molecule has 0 aromatic carbocycles. The van der Waals surface area contributed by atoms with Crippen molar-refractivity contribution >= 4 is 39.0 Å². The molecule has 4 fully saturated rings. The molecule has 4 aliphatic rings. The first kappa shape index (κ1) is 9.79. The maximum atomic E-state index is 3.96. The van der Waals surface area contributed by atoms with Crippen molar-refractivity contribution in [3.05, 3.63) is 0 Å². The van der Waals surface area contributed by atoms with Crippen molar-refractivity contribution in [2.75, 3.05) is 0 Å². The predicted octanol–water partition coefficient (Wildman–Crippen LogP) is 3.19. The Kier molecular flexibility index (Phi) is 2.55. The van der Waals surface area contributed by atoms with E-state index >= 15 is 0 Å². The van der Waals surface area contributed by atoms with E-state index in [4.69, 9.17) is 0 Å². The smallest absolute Gasteiger partial charge is 1.00 e. The van der Waals surface area contributed by atoms with Crippen LogP contribution in [0, 0.1) is 17.8 Å². The third-order valence-corrected chi connectivity index (χ3v) is 4.93. The van der Waals surface area contributed by atoms with E-state index in [0.717, 1.165) is 17.8 Å². The Morgan fingerprint density at radius 1 is 0.917 bits per heavy atom. The Labute approximate surface area is 102 Å². The van der Waals surface area contributed by atoms with E-state index in [0.29, 0.717) is 4.32 Å². The van der Waals surface area contributed by atoms with E-state index in [9.17, 15) is 0 Å². The van der Waals surface area contributed by atoms with Gasteiger partial charge < -0.3 is 2.85 Å². The second kappa shape index (κ2) is 3.13. The molecule has 4 rings (SSSR count). The van der Waals surface area contributed by atoms with Crippen molar-refractivity contribution < 1.29 is 2.85 Å². The van der Waals surface area contributed by atoms with Crippen LogP contribution in [0.1, 0.15) is 41.4 Å². The Morgan fingerprint density at radius 2 is 1.25 bits per heavy atom. The van der Waals surface area contributed by atoms with Crippen LogP contribution in [0.5, 0.6) is 0 Å². The van der Waals surface area contributed by atoms with Gasteiger partial charge in [0.05, 0.1) is 0 Å². The van der Waals surface area contributed by atoms with E-state index in [1.165, 1.54) is 19.3 Å². The monoisotopic (exact) mass is 240 g/mol. The number of hydrogen-bond donors (Lipinski definition) is 0. The summed E-state index contributed by atoms with van der Waals surface area (Å²) in [5.41, 5.74) is 0. The minimum Gasteiger partial charge on any atom is -1.00 e. The van der Waals surface area contributed by atoms with Crippen LogP contribution in [-0.4, -0.2) is 27.4 Å². The van der Waals surface area contributed by atoms with Crippen molar-refractivity contribution in [1.82, 2.24) is 0 Å². The van der Waals surface area contributed by atoms with Crippen molar-refractivity contribution in [3.8, 4) is 0 Å². The van der Waals surface area contributed by atoms with E-state index in [2.05, 4.69) is 15.9 Å². The topological polar surface area (TPSA) is 0 Å². The molecule has 0 heterocycles. The molecule has 4 saturated carbocycles. The first-order valence-corrected chi connectivity index (χ1v) is 5.72. The number of rotatable bonds is 0. The average molecular weight is 241 g/mol. The Morgan fingerprint density at radius 3 is 1.50 bits per heavy atom. The van der Waals surface area contributed by atoms with Crippen LogP contribution in [-0.2, 0) is 0 Å². The molecular formula is C10H17BrMg. The zero-order valence-corrected chi connectivity index (χ0v) is 10.6. The average Bonchev–Trinajstić information content (AvgIpc) is 1.79. The first-order chi connectivity index (χ1) is 5.23. The van der Waals surface area contributed by atoms with Gasteiger partial charge >= 0.3 is 23.1 Å². The molecule has 66 valence electrons. The minimum absolute atomic E-state index is 0. The number of halogens is 1. The largest absolute Gasteiger partial charge is 2.00 e. The van der Waals surface area contributed by atoms with Crippen molar-refractivity contribution in [2.24, 2.45) is 17.8 Å². The van der Waals surface area contributed by atoms with Crippen molar-refractivity contribution in [3.63, 3.8) is 0 Å². The van der Waals surface area contributed by atoms with E-state index in [-0.39, 0.29) is 25.9 Å². The summed E-state index contributed by atoms with van der Waals surface area (Å²) in [5, 5.41) is 0. The molecular weight excluding hydrogens is 224 g/mol. The van der Waals surface area contributed by atoms with Gasteiger partial charge in [0.2, 0.25) is 0 Å². The predicted molar refractivity (Wildman–Crippen MR) is 57.8 cm³/mol. The third-order valence-electron chi connectivity index (χ3n) is 3.96. The van der Waals surface area contributed by atoms with Crippen LogP contribution in [0.2, 0.25) is 0 Å². The van der Waals surface area contributed by atoms with Gasteiger partial charge in [-0.1, -0.05) is 15.9 Å². The Hall–Kier alpha value is 1.25. The molecule has 0 N–H and O–H groups in total. The second-order valence-electron chi connectivity index (χ2n) is 5.07. The van der Waals surface area contributed by atoms with Crippen LogP contribution in [0.3, 0.4) is 0 Å². The van der Waals surface area contributed by atoms with Crippen LogP contribution in [0.15, 0.2) is 0 Å². The van der Waals surface area contributed by atoms with Gasteiger partial charge in [-0.15, -0.1) is 0 Å². The van der Waals surface area contributed by atoms with Crippen LogP contribution in [0.4, 0.5) is 0 Å². The summed E-state index contributed by atoms with van der Waals surface area (Å²) < 4.78 is 0.613. The molecule has 4 aliphatic carbocycles. The summed E-state index contributed by atoms with van der Waals surface area (Å²) in [6.45, 7) is 0. The second-order valence-corrected chi connectivity index (χ2v) is 6.75. The molecule has 4 bridgehead atoms.